The van der Waals surface area contributed by atoms with Gasteiger partial charge >= 0.3 is 6.18 Å². The van der Waals surface area contributed by atoms with Gasteiger partial charge in [0.15, 0.2) is 5.76 Å². The Morgan fingerprint density at radius 2 is 1.86 bits per heavy atom. The molecule has 1 heterocycles. The van der Waals surface area contributed by atoms with Gasteiger partial charge in [0.25, 0.3) is 5.91 Å². The predicted octanol–water partition coefficient (Wildman–Crippen LogP) is 3.94. The lowest BCUT2D eigenvalue weighted by Crippen LogP contribution is -2.39. The lowest BCUT2D eigenvalue weighted by molar-refractivity contribution is -0.137. The molecule has 0 aliphatic heterocycles. The molecule has 28 heavy (non-hydrogen) atoms. The predicted molar refractivity (Wildman–Crippen MR) is 95.7 cm³/mol. The minimum atomic E-state index is -4.44. The zero-order chi connectivity index (χ0) is 20.6. The second-order valence-corrected chi connectivity index (χ2v) is 9.09. The minimum absolute atomic E-state index is 0.141. The van der Waals surface area contributed by atoms with Crippen molar-refractivity contribution < 1.29 is 30.8 Å². The second kappa shape index (κ2) is 7.27. The van der Waals surface area contributed by atoms with Gasteiger partial charge in [-0.25, -0.2) is 8.42 Å². The summed E-state index contributed by atoms with van der Waals surface area (Å²) >= 11 is 0. The molecule has 0 radical (unpaired) electrons. The first kappa shape index (κ1) is 20.4. The maximum Gasteiger partial charge on any atom is 0.416 e. The summed E-state index contributed by atoms with van der Waals surface area (Å²) in [5.41, 5.74) is -0.772. The standard InChI is InChI=1S/C19H20F3NO4S/c1-28(25,26)16-8-7-15(27-16)17(24)23-12-18(9-2-3-10-18)13-5-4-6-14(11-13)19(20,21)22/h4-8,11H,2-3,9-10,12H2,1H3,(H,23,24). The molecule has 1 aliphatic carbocycles. The molecule has 0 spiro atoms. The summed E-state index contributed by atoms with van der Waals surface area (Å²) in [6.45, 7) is 0.141. The monoisotopic (exact) mass is 415 g/mol. The highest BCUT2D eigenvalue weighted by Gasteiger charge is 2.38. The number of rotatable bonds is 5. The summed E-state index contributed by atoms with van der Waals surface area (Å²) in [5.74, 6) is -0.759. The quantitative estimate of drug-likeness (QED) is 0.803. The van der Waals surface area contributed by atoms with Crippen LogP contribution in [0.5, 0.6) is 0 Å². The first-order valence-electron chi connectivity index (χ1n) is 8.77. The van der Waals surface area contributed by atoms with E-state index in [9.17, 15) is 26.4 Å². The van der Waals surface area contributed by atoms with Crippen molar-refractivity contribution in [2.45, 2.75) is 42.4 Å². The van der Waals surface area contributed by atoms with E-state index < -0.39 is 32.9 Å². The third-order valence-corrected chi connectivity index (χ3v) is 6.07. The summed E-state index contributed by atoms with van der Waals surface area (Å²) in [5, 5.41) is 2.38. The number of benzene rings is 1. The van der Waals surface area contributed by atoms with Gasteiger partial charge in [-0.1, -0.05) is 31.0 Å². The zero-order valence-corrected chi connectivity index (χ0v) is 16.0. The van der Waals surface area contributed by atoms with Gasteiger partial charge < -0.3 is 9.73 Å². The van der Waals surface area contributed by atoms with E-state index in [0.717, 1.165) is 31.2 Å². The van der Waals surface area contributed by atoms with Crippen LogP contribution in [-0.2, 0) is 21.4 Å². The van der Waals surface area contributed by atoms with Crippen molar-refractivity contribution in [2.24, 2.45) is 0 Å². The number of alkyl halides is 3. The average Bonchev–Trinajstić information content (AvgIpc) is 3.29. The zero-order valence-electron chi connectivity index (χ0n) is 15.2. The van der Waals surface area contributed by atoms with Crippen molar-refractivity contribution >= 4 is 15.7 Å². The van der Waals surface area contributed by atoms with Crippen molar-refractivity contribution in [3.8, 4) is 0 Å². The minimum Gasteiger partial charge on any atom is -0.440 e. The number of amides is 1. The van der Waals surface area contributed by atoms with Crippen LogP contribution in [0.4, 0.5) is 13.2 Å². The highest BCUT2D eigenvalue weighted by Crippen LogP contribution is 2.42. The molecule has 1 aromatic heterocycles. The smallest absolute Gasteiger partial charge is 0.416 e. The Morgan fingerprint density at radius 3 is 2.43 bits per heavy atom. The maximum atomic E-state index is 13.1. The van der Waals surface area contributed by atoms with Crippen LogP contribution in [0.15, 0.2) is 45.9 Å². The van der Waals surface area contributed by atoms with Crippen molar-refractivity contribution in [3.05, 3.63) is 53.3 Å². The van der Waals surface area contributed by atoms with Gasteiger partial charge in [-0.15, -0.1) is 0 Å². The van der Waals surface area contributed by atoms with Crippen LogP contribution in [0.3, 0.4) is 0 Å². The SMILES string of the molecule is CS(=O)(=O)c1ccc(C(=O)NCC2(c3cccc(C(F)(F)F)c3)CCCC2)o1. The largest absolute Gasteiger partial charge is 0.440 e. The fourth-order valence-corrected chi connectivity index (χ4v) is 4.18. The van der Waals surface area contributed by atoms with Crippen LogP contribution >= 0.6 is 0 Å². The lowest BCUT2D eigenvalue weighted by Gasteiger charge is -2.30. The fraction of sp³-hybridized carbons (Fsp3) is 0.421. The molecule has 1 aromatic carbocycles. The Kier molecular flexibility index (Phi) is 5.31. The Labute approximate surface area is 160 Å². The molecule has 0 saturated heterocycles. The van der Waals surface area contributed by atoms with E-state index in [0.29, 0.717) is 18.4 Å². The van der Waals surface area contributed by atoms with E-state index in [1.807, 2.05) is 0 Å². The van der Waals surface area contributed by atoms with E-state index in [1.165, 1.54) is 18.2 Å². The number of hydrogen-bond acceptors (Lipinski definition) is 4. The molecular formula is C19H20F3NO4S. The molecule has 1 aliphatic rings. The summed E-state index contributed by atoms with van der Waals surface area (Å²) in [6.07, 6.45) is -0.456. The van der Waals surface area contributed by atoms with Crippen molar-refractivity contribution in [1.29, 1.82) is 0 Å². The average molecular weight is 415 g/mol. The molecule has 1 saturated carbocycles. The van der Waals surface area contributed by atoms with Crippen LogP contribution in [-0.4, -0.2) is 27.1 Å². The molecule has 1 N–H and O–H groups in total. The van der Waals surface area contributed by atoms with E-state index in [1.54, 1.807) is 6.07 Å². The molecule has 9 heteroatoms. The number of halogens is 3. The maximum absolute atomic E-state index is 13.1. The highest BCUT2D eigenvalue weighted by molar-refractivity contribution is 7.90. The second-order valence-electron chi connectivity index (χ2n) is 7.14. The Balaban J connectivity index is 1.80. The van der Waals surface area contributed by atoms with Gasteiger partial charge in [-0.2, -0.15) is 13.2 Å². The molecule has 0 bridgehead atoms. The van der Waals surface area contributed by atoms with Gasteiger partial charge in [0, 0.05) is 18.2 Å². The number of furan rings is 1. The van der Waals surface area contributed by atoms with Gasteiger partial charge in [0.2, 0.25) is 14.9 Å². The van der Waals surface area contributed by atoms with Crippen molar-refractivity contribution in [2.75, 3.05) is 12.8 Å². The van der Waals surface area contributed by atoms with Crippen molar-refractivity contribution in [3.63, 3.8) is 0 Å². The first-order chi connectivity index (χ1) is 13.0. The topological polar surface area (TPSA) is 76.4 Å². The van der Waals surface area contributed by atoms with Crippen molar-refractivity contribution in [1.82, 2.24) is 5.32 Å². The molecule has 0 unspecified atom stereocenters. The molecule has 2 aromatic rings. The fourth-order valence-electron chi connectivity index (χ4n) is 3.62. The molecule has 5 nitrogen and oxygen atoms in total. The van der Waals surface area contributed by atoms with Crippen LogP contribution in [0.1, 0.15) is 47.4 Å². The Morgan fingerprint density at radius 1 is 1.18 bits per heavy atom. The highest BCUT2D eigenvalue weighted by atomic mass is 32.2. The number of hydrogen-bond donors (Lipinski definition) is 1. The molecule has 152 valence electrons. The summed E-state index contributed by atoms with van der Waals surface area (Å²) < 4.78 is 67.3. The third-order valence-electron chi connectivity index (χ3n) is 5.12. The van der Waals surface area contributed by atoms with Gasteiger partial charge in [-0.05, 0) is 36.6 Å². The Bertz CT molecular complexity index is 973. The van der Waals surface area contributed by atoms with Gasteiger partial charge in [-0.3, -0.25) is 4.79 Å². The van der Waals surface area contributed by atoms with E-state index in [2.05, 4.69) is 5.32 Å². The molecular weight excluding hydrogens is 395 g/mol. The number of carbonyl (C=O) groups is 1. The van der Waals surface area contributed by atoms with E-state index in [-0.39, 0.29) is 17.4 Å². The Hall–Kier alpha value is -2.29. The van der Waals surface area contributed by atoms with E-state index >= 15 is 0 Å². The first-order valence-corrected chi connectivity index (χ1v) is 10.7. The summed E-state index contributed by atoms with van der Waals surface area (Å²) in [6, 6.07) is 7.67. The summed E-state index contributed by atoms with van der Waals surface area (Å²) in [4.78, 5) is 12.4. The normalized spacial score (nSPS) is 16.9. The molecule has 1 amide bonds. The summed E-state index contributed by atoms with van der Waals surface area (Å²) in [7, 11) is -3.57. The number of nitrogens with one attached hydrogen (secondary N) is 1. The molecule has 0 atom stereocenters. The number of carbonyl (C=O) groups excluding carboxylic acids is 1. The molecule has 1 fully saturated rings. The van der Waals surface area contributed by atoms with Gasteiger partial charge in [0.05, 0.1) is 5.56 Å². The van der Waals surface area contributed by atoms with E-state index in [4.69, 9.17) is 4.42 Å². The van der Waals surface area contributed by atoms with Crippen LogP contribution in [0, 0.1) is 0 Å². The van der Waals surface area contributed by atoms with Crippen LogP contribution in [0.25, 0.3) is 0 Å². The lowest BCUT2D eigenvalue weighted by atomic mass is 9.78. The van der Waals surface area contributed by atoms with Gasteiger partial charge in [0.1, 0.15) is 0 Å². The third kappa shape index (κ3) is 4.24. The van der Waals surface area contributed by atoms with Crippen LogP contribution in [0.2, 0.25) is 0 Å². The molecule has 3 rings (SSSR count). The van der Waals surface area contributed by atoms with Crippen LogP contribution < -0.4 is 5.32 Å². The number of sulfone groups is 1.